The van der Waals surface area contributed by atoms with Crippen molar-refractivity contribution in [2.75, 3.05) is 0 Å². The van der Waals surface area contributed by atoms with Crippen LogP contribution in [0.5, 0.6) is 0 Å². The smallest absolute Gasteiger partial charge is 0.164 e. The van der Waals surface area contributed by atoms with Crippen molar-refractivity contribution in [1.82, 2.24) is 24.1 Å². The molecule has 8 aromatic carbocycles. The Morgan fingerprint density at radius 3 is 1.51 bits per heavy atom. The zero-order valence-corrected chi connectivity index (χ0v) is 31.4. The number of thiophene rings is 1. The van der Waals surface area contributed by atoms with Crippen molar-refractivity contribution in [3.05, 3.63) is 188 Å². The van der Waals surface area contributed by atoms with E-state index in [1.807, 2.05) is 72.0 Å². The Kier molecular flexibility index (Phi) is 7.03. The van der Waals surface area contributed by atoms with Crippen LogP contribution in [-0.2, 0) is 0 Å². The van der Waals surface area contributed by atoms with E-state index in [1.54, 1.807) is 0 Å². The summed E-state index contributed by atoms with van der Waals surface area (Å²) in [7, 11) is 0. The molecule has 0 spiro atoms. The number of nitrogens with zero attached hydrogens (tertiary/aromatic N) is 5. The Hall–Kier alpha value is -7.41. The van der Waals surface area contributed by atoms with Crippen LogP contribution in [0.3, 0.4) is 0 Å². The van der Waals surface area contributed by atoms with Crippen molar-refractivity contribution in [1.29, 1.82) is 0 Å². The van der Waals surface area contributed by atoms with Gasteiger partial charge in [0.05, 0.1) is 32.5 Å². The molecule has 6 heteroatoms. The lowest BCUT2D eigenvalue weighted by atomic mass is 10.1. The van der Waals surface area contributed by atoms with E-state index in [1.165, 1.54) is 69.5 Å². The van der Waals surface area contributed by atoms with E-state index in [-0.39, 0.29) is 0 Å². The molecule has 0 amide bonds. The first-order chi connectivity index (χ1) is 28.3. The van der Waals surface area contributed by atoms with Gasteiger partial charge >= 0.3 is 0 Å². The average molecular weight is 746 g/mol. The van der Waals surface area contributed by atoms with Crippen LogP contribution in [0.25, 0.3) is 109 Å². The fourth-order valence-electron chi connectivity index (χ4n) is 8.58. The summed E-state index contributed by atoms with van der Waals surface area (Å²) in [5.74, 6) is 1.97. The van der Waals surface area contributed by atoms with Gasteiger partial charge in [-0.25, -0.2) is 15.0 Å². The van der Waals surface area contributed by atoms with Crippen molar-refractivity contribution < 1.29 is 0 Å². The van der Waals surface area contributed by atoms with Gasteiger partial charge in [-0.05, 0) is 48.5 Å². The monoisotopic (exact) mass is 745 g/mol. The molecule has 0 saturated heterocycles. The van der Waals surface area contributed by atoms with Crippen molar-refractivity contribution in [2.24, 2.45) is 0 Å². The first-order valence-electron chi connectivity index (χ1n) is 19.1. The second kappa shape index (κ2) is 12.6. The Bertz CT molecular complexity index is 3450. The summed E-state index contributed by atoms with van der Waals surface area (Å²) in [5.41, 5.74) is 9.95. The lowest BCUT2D eigenvalue weighted by molar-refractivity contribution is 1.07. The highest BCUT2D eigenvalue weighted by atomic mass is 32.1. The van der Waals surface area contributed by atoms with Gasteiger partial charge in [0.2, 0.25) is 0 Å². The number of hydrogen-bond donors (Lipinski definition) is 0. The SMILES string of the molecule is c1ccc(-c2nc(-c3ccccc3)nc(-c3ccc4c(c3)sc3c(-n5c6ccccc6c6cc7c8ccccc8n(-c8ccccc8)c7cc65)cccc34)n2)cc1. The van der Waals surface area contributed by atoms with E-state index in [0.717, 1.165) is 22.4 Å². The van der Waals surface area contributed by atoms with Crippen LogP contribution >= 0.6 is 11.3 Å². The van der Waals surface area contributed by atoms with E-state index >= 15 is 0 Å². The van der Waals surface area contributed by atoms with Gasteiger partial charge in [0.25, 0.3) is 0 Å². The van der Waals surface area contributed by atoms with Gasteiger partial charge < -0.3 is 9.13 Å². The van der Waals surface area contributed by atoms with E-state index in [9.17, 15) is 0 Å². The van der Waals surface area contributed by atoms with Gasteiger partial charge in [0.1, 0.15) is 0 Å². The van der Waals surface area contributed by atoms with Crippen LogP contribution < -0.4 is 0 Å². The van der Waals surface area contributed by atoms with Crippen molar-refractivity contribution in [2.45, 2.75) is 0 Å². The Morgan fingerprint density at radius 1 is 0.333 bits per heavy atom. The molecule has 0 aliphatic rings. The van der Waals surface area contributed by atoms with Crippen LogP contribution in [0.2, 0.25) is 0 Å². The lowest BCUT2D eigenvalue weighted by Crippen LogP contribution is -1.99. The third kappa shape index (κ3) is 4.98. The zero-order valence-electron chi connectivity index (χ0n) is 30.5. The van der Waals surface area contributed by atoms with Crippen molar-refractivity contribution in [3.63, 3.8) is 0 Å². The van der Waals surface area contributed by atoms with Crippen molar-refractivity contribution >= 4 is 75.1 Å². The topological polar surface area (TPSA) is 48.5 Å². The largest absolute Gasteiger partial charge is 0.309 e. The van der Waals surface area contributed by atoms with Gasteiger partial charge in [-0.1, -0.05) is 140 Å². The molecule has 57 heavy (non-hydrogen) atoms. The number of aromatic nitrogens is 5. The van der Waals surface area contributed by atoms with Gasteiger partial charge in [0, 0.05) is 59.4 Å². The maximum atomic E-state index is 5.03. The minimum atomic E-state index is 0.655. The first-order valence-corrected chi connectivity index (χ1v) is 19.9. The summed E-state index contributed by atoms with van der Waals surface area (Å²) in [6, 6.07) is 66.7. The van der Waals surface area contributed by atoms with Gasteiger partial charge in [-0.2, -0.15) is 0 Å². The molecule has 0 fully saturated rings. The maximum absolute atomic E-state index is 5.03. The fraction of sp³-hybridized carbons (Fsp3) is 0. The summed E-state index contributed by atoms with van der Waals surface area (Å²) in [4.78, 5) is 15.0. The third-order valence-corrected chi connectivity index (χ3v) is 12.3. The van der Waals surface area contributed by atoms with Crippen LogP contribution in [0.1, 0.15) is 0 Å². The molecule has 0 unspecified atom stereocenters. The number of benzene rings is 8. The minimum absolute atomic E-state index is 0.655. The quantitative estimate of drug-likeness (QED) is 0.176. The Morgan fingerprint density at radius 2 is 0.860 bits per heavy atom. The van der Waals surface area contributed by atoms with Crippen LogP contribution in [0.15, 0.2) is 188 Å². The number of fused-ring (bicyclic) bond motifs is 9. The van der Waals surface area contributed by atoms with Crippen LogP contribution in [0, 0.1) is 0 Å². The van der Waals surface area contributed by atoms with E-state index in [0.29, 0.717) is 17.5 Å². The highest BCUT2D eigenvalue weighted by Crippen LogP contribution is 2.44. The summed E-state index contributed by atoms with van der Waals surface area (Å²) >= 11 is 1.82. The summed E-state index contributed by atoms with van der Waals surface area (Å²) in [6.07, 6.45) is 0. The second-order valence-corrected chi connectivity index (χ2v) is 15.5. The standard InChI is InChI=1S/C51H31N5S/c1-4-15-32(16-5-1)49-52-50(33-17-6-2-7-18-33)54-51(53-49)34-27-28-38-39-23-14-26-44(48(39)57-47(38)29-34)56-43-25-13-11-22-37(43)41-30-40-36-21-10-12-24-42(36)55(45(40)31-46(41)56)35-19-8-3-9-20-35/h1-31H. The second-order valence-electron chi connectivity index (χ2n) is 14.4. The van der Waals surface area contributed by atoms with Crippen LogP contribution in [-0.4, -0.2) is 24.1 Å². The molecule has 4 aromatic heterocycles. The summed E-state index contributed by atoms with van der Waals surface area (Å²) in [6.45, 7) is 0. The fourth-order valence-corrected chi connectivity index (χ4v) is 9.83. The predicted octanol–water partition coefficient (Wildman–Crippen LogP) is 13.4. The minimum Gasteiger partial charge on any atom is -0.309 e. The molecule has 266 valence electrons. The van der Waals surface area contributed by atoms with E-state index < -0.39 is 0 Å². The molecule has 0 atom stereocenters. The summed E-state index contributed by atoms with van der Waals surface area (Å²) < 4.78 is 7.30. The van der Waals surface area contributed by atoms with Gasteiger partial charge in [-0.3, -0.25) is 0 Å². The Labute approximate surface area is 331 Å². The molecule has 0 aliphatic heterocycles. The third-order valence-electron chi connectivity index (χ3n) is 11.2. The molecule has 4 heterocycles. The Balaban J connectivity index is 1.08. The van der Waals surface area contributed by atoms with Gasteiger partial charge in [-0.15, -0.1) is 11.3 Å². The number of rotatable bonds is 5. The number of hydrogen-bond acceptors (Lipinski definition) is 4. The van der Waals surface area contributed by atoms with Gasteiger partial charge in [0.15, 0.2) is 17.5 Å². The first kappa shape index (κ1) is 31.9. The van der Waals surface area contributed by atoms with Crippen molar-refractivity contribution in [3.8, 4) is 45.5 Å². The molecular formula is C51H31N5S. The highest BCUT2D eigenvalue weighted by Gasteiger charge is 2.21. The molecular weight excluding hydrogens is 715 g/mol. The van der Waals surface area contributed by atoms with Crippen LogP contribution in [0.4, 0.5) is 0 Å². The molecule has 12 aromatic rings. The molecule has 0 aliphatic carbocycles. The van der Waals surface area contributed by atoms with E-state index in [2.05, 4.69) is 137 Å². The lowest BCUT2D eigenvalue weighted by Gasteiger charge is -2.11. The predicted molar refractivity (Wildman–Crippen MR) is 238 cm³/mol. The molecule has 0 bridgehead atoms. The molecule has 0 radical (unpaired) electrons. The van der Waals surface area contributed by atoms with E-state index in [4.69, 9.17) is 15.0 Å². The molecule has 12 rings (SSSR count). The number of para-hydroxylation sites is 3. The molecule has 0 saturated carbocycles. The molecule has 5 nitrogen and oxygen atoms in total. The normalized spacial score (nSPS) is 11.9. The molecule has 0 N–H and O–H groups in total. The maximum Gasteiger partial charge on any atom is 0.164 e. The summed E-state index contributed by atoms with van der Waals surface area (Å²) in [5, 5.41) is 7.44. The zero-order chi connectivity index (χ0) is 37.5. The average Bonchev–Trinajstić information content (AvgIpc) is 3.93. The highest BCUT2D eigenvalue weighted by molar-refractivity contribution is 7.26.